The fourth-order valence-corrected chi connectivity index (χ4v) is 4.25. The van der Waals surface area contributed by atoms with E-state index in [9.17, 15) is 8.42 Å². The Hall–Kier alpha value is -1.95. The van der Waals surface area contributed by atoms with Gasteiger partial charge in [-0.05, 0) is 56.4 Å². The zero-order chi connectivity index (χ0) is 17.2. The Morgan fingerprint density at radius 1 is 0.958 bits per heavy atom. The second-order valence-electron chi connectivity index (χ2n) is 6.48. The first-order chi connectivity index (χ1) is 11.4. The van der Waals surface area contributed by atoms with Gasteiger partial charge in [0, 0.05) is 11.4 Å². The molecule has 0 aliphatic heterocycles. The van der Waals surface area contributed by atoms with Crippen LogP contribution in [0.3, 0.4) is 0 Å². The average molecular weight is 345 g/mol. The number of sulfonamides is 1. The van der Waals surface area contributed by atoms with Crippen LogP contribution in [0.2, 0.25) is 0 Å². The molecular formula is C18H23N3O2S. The van der Waals surface area contributed by atoms with E-state index in [0.717, 1.165) is 11.4 Å². The highest BCUT2D eigenvalue weighted by Crippen LogP contribution is 2.33. The monoisotopic (exact) mass is 345 g/mol. The van der Waals surface area contributed by atoms with Gasteiger partial charge in [0.05, 0.1) is 4.90 Å². The van der Waals surface area contributed by atoms with Crippen molar-refractivity contribution < 1.29 is 8.42 Å². The molecule has 1 N–H and O–H groups in total. The molecule has 1 aromatic carbocycles. The molecule has 1 aromatic heterocycles. The summed E-state index contributed by atoms with van der Waals surface area (Å²) < 4.78 is 27.5. The molecule has 1 aliphatic rings. The third-order valence-electron chi connectivity index (χ3n) is 4.47. The van der Waals surface area contributed by atoms with Crippen molar-refractivity contribution in [3.05, 3.63) is 47.3 Å². The molecule has 24 heavy (non-hydrogen) atoms. The standard InChI is InChI=1S/C18H23N3O2S/c1-13-12-14(2)20-18(19-13)21-24(22,23)17-10-8-16(9-11-17)15-6-4-3-5-7-15/h8-12,15H,3-7H2,1-2H3,(H,19,20,21). The Bertz CT molecular complexity index is 790. The largest absolute Gasteiger partial charge is 0.264 e. The van der Waals surface area contributed by atoms with Crippen LogP contribution in [0.4, 0.5) is 5.95 Å². The highest BCUT2D eigenvalue weighted by atomic mass is 32.2. The number of nitrogens with one attached hydrogen (secondary N) is 1. The summed E-state index contributed by atoms with van der Waals surface area (Å²) in [5.41, 5.74) is 2.69. The molecule has 0 amide bonds. The zero-order valence-corrected chi connectivity index (χ0v) is 14.9. The Kier molecular flexibility index (Phi) is 4.85. The summed E-state index contributed by atoms with van der Waals surface area (Å²) in [6, 6.07) is 9.03. The van der Waals surface area contributed by atoms with Gasteiger partial charge in [-0.1, -0.05) is 31.4 Å². The smallest absolute Gasteiger partial charge is 0.247 e. The van der Waals surface area contributed by atoms with Crippen LogP contribution in [0, 0.1) is 13.8 Å². The predicted octanol–water partition coefficient (Wildman–Crippen LogP) is 3.94. The molecule has 128 valence electrons. The molecule has 1 saturated carbocycles. The molecule has 0 spiro atoms. The van der Waals surface area contributed by atoms with E-state index in [1.54, 1.807) is 18.2 Å². The Morgan fingerprint density at radius 3 is 2.12 bits per heavy atom. The molecule has 5 nitrogen and oxygen atoms in total. The van der Waals surface area contributed by atoms with Gasteiger partial charge in [0.1, 0.15) is 0 Å². The number of hydrogen-bond acceptors (Lipinski definition) is 4. The third kappa shape index (κ3) is 3.93. The Morgan fingerprint density at radius 2 is 1.54 bits per heavy atom. The lowest BCUT2D eigenvalue weighted by molar-refractivity contribution is 0.443. The average Bonchev–Trinajstić information content (AvgIpc) is 2.54. The number of benzene rings is 1. The van der Waals surface area contributed by atoms with Crippen LogP contribution in [0.25, 0.3) is 0 Å². The van der Waals surface area contributed by atoms with Crippen LogP contribution in [0.5, 0.6) is 0 Å². The van der Waals surface area contributed by atoms with Crippen LogP contribution >= 0.6 is 0 Å². The number of anilines is 1. The lowest BCUT2D eigenvalue weighted by atomic mass is 9.84. The van der Waals surface area contributed by atoms with Crippen molar-refractivity contribution in [2.24, 2.45) is 0 Å². The van der Waals surface area contributed by atoms with Crippen LogP contribution in [0.1, 0.15) is 55.0 Å². The number of hydrogen-bond donors (Lipinski definition) is 1. The quantitative estimate of drug-likeness (QED) is 0.911. The van der Waals surface area contributed by atoms with Crippen LogP contribution in [0.15, 0.2) is 35.2 Å². The summed E-state index contributed by atoms with van der Waals surface area (Å²) in [4.78, 5) is 8.51. The fourth-order valence-electron chi connectivity index (χ4n) is 3.31. The number of rotatable bonds is 4. The second-order valence-corrected chi connectivity index (χ2v) is 8.17. The normalized spacial score (nSPS) is 16.1. The van der Waals surface area contributed by atoms with Gasteiger partial charge in [0.2, 0.25) is 5.95 Å². The van der Waals surface area contributed by atoms with E-state index in [1.165, 1.54) is 37.7 Å². The SMILES string of the molecule is Cc1cc(C)nc(NS(=O)(=O)c2ccc(C3CCCCC3)cc2)n1. The first-order valence-electron chi connectivity index (χ1n) is 8.39. The van der Waals surface area contributed by atoms with Gasteiger partial charge in [0.25, 0.3) is 10.0 Å². The highest BCUT2D eigenvalue weighted by Gasteiger charge is 2.19. The van der Waals surface area contributed by atoms with E-state index in [2.05, 4.69) is 14.7 Å². The highest BCUT2D eigenvalue weighted by molar-refractivity contribution is 7.92. The molecule has 1 aliphatic carbocycles. The maximum atomic E-state index is 12.5. The predicted molar refractivity (Wildman–Crippen MR) is 94.6 cm³/mol. The summed E-state index contributed by atoms with van der Waals surface area (Å²) in [5, 5.41) is 0. The maximum Gasteiger partial charge on any atom is 0.264 e. The minimum absolute atomic E-state index is 0.115. The van der Waals surface area contributed by atoms with Crippen LogP contribution in [-0.4, -0.2) is 18.4 Å². The lowest BCUT2D eigenvalue weighted by Crippen LogP contribution is -2.16. The molecule has 0 atom stereocenters. The molecule has 0 bridgehead atoms. The van der Waals surface area contributed by atoms with Crippen molar-refractivity contribution in [3.8, 4) is 0 Å². The molecular weight excluding hydrogens is 322 g/mol. The topological polar surface area (TPSA) is 72.0 Å². The van der Waals surface area contributed by atoms with E-state index in [1.807, 2.05) is 26.0 Å². The molecule has 6 heteroatoms. The summed E-state index contributed by atoms with van der Waals surface area (Å²) in [6.07, 6.45) is 6.22. The van der Waals surface area contributed by atoms with Gasteiger partial charge in [-0.25, -0.2) is 23.1 Å². The van der Waals surface area contributed by atoms with E-state index in [0.29, 0.717) is 5.92 Å². The fraction of sp³-hybridized carbons (Fsp3) is 0.444. The second kappa shape index (κ2) is 6.89. The molecule has 1 fully saturated rings. The van der Waals surface area contributed by atoms with Crippen molar-refractivity contribution in [2.45, 2.75) is 56.8 Å². The third-order valence-corrected chi connectivity index (χ3v) is 5.82. The molecule has 3 rings (SSSR count). The zero-order valence-electron chi connectivity index (χ0n) is 14.1. The number of nitrogens with zero attached hydrogens (tertiary/aromatic N) is 2. The first kappa shape index (κ1) is 16.9. The van der Waals surface area contributed by atoms with Crippen molar-refractivity contribution in [2.75, 3.05) is 4.72 Å². The summed E-state index contributed by atoms with van der Waals surface area (Å²) >= 11 is 0. The summed E-state index contributed by atoms with van der Waals surface area (Å²) in [7, 11) is -3.67. The number of aryl methyl sites for hydroxylation is 2. The van der Waals surface area contributed by atoms with Crippen molar-refractivity contribution in [1.82, 2.24) is 9.97 Å². The molecule has 0 unspecified atom stereocenters. The first-order valence-corrected chi connectivity index (χ1v) is 9.87. The van der Waals surface area contributed by atoms with Crippen molar-refractivity contribution >= 4 is 16.0 Å². The van der Waals surface area contributed by atoms with E-state index < -0.39 is 10.0 Å². The molecule has 1 heterocycles. The van der Waals surface area contributed by atoms with Crippen LogP contribution < -0.4 is 4.72 Å². The van der Waals surface area contributed by atoms with E-state index in [-0.39, 0.29) is 10.8 Å². The van der Waals surface area contributed by atoms with Gasteiger partial charge in [-0.15, -0.1) is 0 Å². The minimum atomic E-state index is -3.67. The minimum Gasteiger partial charge on any atom is -0.247 e. The van der Waals surface area contributed by atoms with Crippen molar-refractivity contribution in [3.63, 3.8) is 0 Å². The van der Waals surface area contributed by atoms with Gasteiger partial charge in [-0.2, -0.15) is 0 Å². The van der Waals surface area contributed by atoms with E-state index in [4.69, 9.17) is 0 Å². The molecule has 2 aromatic rings. The van der Waals surface area contributed by atoms with Gasteiger partial charge in [0.15, 0.2) is 0 Å². The maximum absolute atomic E-state index is 12.5. The van der Waals surface area contributed by atoms with Gasteiger partial charge >= 0.3 is 0 Å². The number of aromatic nitrogens is 2. The van der Waals surface area contributed by atoms with Gasteiger partial charge < -0.3 is 0 Å². The summed E-state index contributed by atoms with van der Waals surface area (Å²) in [6.45, 7) is 3.62. The lowest BCUT2D eigenvalue weighted by Gasteiger charge is -2.22. The molecule has 0 saturated heterocycles. The van der Waals surface area contributed by atoms with Crippen LogP contribution in [-0.2, 0) is 10.0 Å². The van der Waals surface area contributed by atoms with E-state index >= 15 is 0 Å². The summed E-state index contributed by atoms with van der Waals surface area (Å²) in [5.74, 6) is 0.676. The Labute approximate surface area is 143 Å². The van der Waals surface area contributed by atoms with Gasteiger partial charge in [-0.3, -0.25) is 0 Å². The molecule has 0 radical (unpaired) electrons. The Balaban J connectivity index is 1.79. The van der Waals surface area contributed by atoms with Crippen molar-refractivity contribution in [1.29, 1.82) is 0 Å².